The molecule has 1 aromatic carbocycles. The highest BCUT2D eigenvalue weighted by molar-refractivity contribution is 8.23. The fourth-order valence-corrected chi connectivity index (χ4v) is 5.24. The fraction of sp³-hybridized carbons (Fsp3) is 0.500. The lowest BCUT2D eigenvalue weighted by atomic mass is 10.2. The Morgan fingerprint density at radius 2 is 1.74 bits per heavy atom. The van der Waals surface area contributed by atoms with Crippen molar-refractivity contribution < 1.29 is 19.1 Å². The molecule has 7 nitrogen and oxygen atoms in total. The molecule has 31 heavy (non-hydrogen) atoms. The van der Waals surface area contributed by atoms with E-state index in [0.29, 0.717) is 41.2 Å². The van der Waals surface area contributed by atoms with Gasteiger partial charge in [0.1, 0.15) is 15.2 Å². The molecule has 0 unspecified atom stereocenters. The summed E-state index contributed by atoms with van der Waals surface area (Å²) in [5.74, 6) is -0.682. The van der Waals surface area contributed by atoms with E-state index in [1.807, 2.05) is 25.7 Å². The number of anilines is 1. The highest BCUT2D eigenvalue weighted by Gasteiger charge is 2.42. The molecule has 11 heteroatoms. The van der Waals surface area contributed by atoms with Gasteiger partial charge in [0.05, 0.1) is 10.7 Å². The Hall–Kier alpha value is -1.55. The third kappa shape index (κ3) is 5.83. The van der Waals surface area contributed by atoms with Crippen LogP contribution in [0.1, 0.15) is 27.2 Å². The molecular weight excluding hydrogens is 481 g/mol. The number of imide groups is 1. The van der Waals surface area contributed by atoms with Gasteiger partial charge in [-0.3, -0.25) is 9.59 Å². The number of thiocarbonyl (C=S) groups is 1. The number of halogens is 2. The van der Waals surface area contributed by atoms with E-state index in [2.05, 4.69) is 0 Å². The van der Waals surface area contributed by atoms with E-state index in [1.54, 1.807) is 17.0 Å². The average molecular weight is 504 g/mol. The average Bonchev–Trinajstić information content (AvgIpc) is 2.94. The summed E-state index contributed by atoms with van der Waals surface area (Å²) in [6, 6.07) is 4.63. The zero-order valence-electron chi connectivity index (χ0n) is 17.4. The predicted octanol–water partition coefficient (Wildman–Crippen LogP) is 4.20. The molecule has 3 amide bonds. The number of nitrogens with zero attached hydrogens (tertiary/aromatic N) is 3. The van der Waals surface area contributed by atoms with Crippen molar-refractivity contribution in [3.05, 3.63) is 28.2 Å². The van der Waals surface area contributed by atoms with Gasteiger partial charge in [0.25, 0.3) is 0 Å². The largest absolute Gasteiger partial charge is 0.444 e. The van der Waals surface area contributed by atoms with E-state index in [9.17, 15) is 14.4 Å². The van der Waals surface area contributed by atoms with Crippen LogP contribution in [0, 0.1) is 0 Å². The molecule has 3 rings (SSSR count). The Labute approximate surface area is 200 Å². The zero-order chi connectivity index (χ0) is 22.9. The Bertz CT molecular complexity index is 914. The van der Waals surface area contributed by atoms with Crippen molar-refractivity contribution in [2.45, 2.75) is 38.0 Å². The third-order valence-corrected chi connectivity index (χ3v) is 6.89. The van der Waals surface area contributed by atoms with Crippen molar-refractivity contribution in [3.8, 4) is 0 Å². The molecule has 0 bridgehead atoms. The van der Waals surface area contributed by atoms with E-state index in [4.69, 9.17) is 40.2 Å². The van der Waals surface area contributed by atoms with Crippen molar-refractivity contribution >= 4 is 75.1 Å². The highest BCUT2D eigenvalue weighted by Crippen LogP contribution is 2.36. The lowest BCUT2D eigenvalue weighted by molar-refractivity contribution is -0.121. The predicted molar refractivity (Wildman–Crippen MR) is 127 cm³/mol. The van der Waals surface area contributed by atoms with Crippen molar-refractivity contribution in [2.24, 2.45) is 0 Å². The highest BCUT2D eigenvalue weighted by atomic mass is 35.5. The topological polar surface area (TPSA) is 70.2 Å². The quantitative estimate of drug-likeness (QED) is 0.442. The summed E-state index contributed by atoms with van der Waals surface area (Å²) in [6.07, 6.45) is -0.307. The maximum atomic E-state index is 12.9. The minimum atomic E-state index is -0.615. The molecule has 2 aliphatic heterocycles. The van der Waals surface area contributed by atoms with Gasteiger partial charge >= 0.3 is 6.09 Å². The first-order valence-corrected chi connectivity index (χ1v) is 11.8. The summed E-state index contributed by atoms with van der Waals surface area (Å²) in [7, 11) is 0. The van der Waals surface area contributed by atoms with Crippen LogP contribution in [0.5, 0.6) is 0 Å². The third-order valence-electron chi connectivity index (χ3n) is 4.69. The normalized spacial score (nSPS) is 19.8. The molecular formula is C20H23Cl2N3O4S2. The first-order chi connectivity index (χ1) is 14.5. The zero-order valence-corrected chi connectivity index (χ0v) is 20.5. The van der Waals surface area contributed by atoms with Gasteiger partial charge in [0.2, 0.25) is 11.8 Å². The molecule has 2 aliphatic rings. The Morgan fingerprint density at radius 1 is 1.13 bits per heavy atom. The molecule has 0 spiro atoms. The number of ether oxygens (including phenoxy) is 1. The Morgan fingerprint density at radius 3 is 2.32 bits per heavy atom. The molecule has 0 N–H and O–H groups in total. The van der Waals surface area contributed by atoms with Gasteiger partial charge in [-0.05, 0) is 39.0 Å². The van der Waals surface area contributed by atoms with Crippen LogP contribution in [0.4, 0.5) is 10.5 Å². The number of hydrogen-bond donors (Lipinski definition) is 0. The van der Waals surface area contributed by atoms with E-state index < -0.39 is 10.9 Å². The first kappa shape index (κ1) is 24.1. The first-order valence-electron chi connectivity index (χ1n) is 9.71. The second-order valence-electron chi connectivity index (χ2n) is 8.19. The minimum absolute atomic E-state index is 0.0421. The molecule has 2 saturated heterocycles. The van der Waals surface area contributed by atoms with Crippen LogP contribution in [0.15, 0.2) is 18.2 Å². The van der Waals surface area contributed by atoms with Gasteiger partial charge in [-0.15, -0.1) is 0 Å². The lowest BCUT2D eigenvalue weighted by Gasteiger charge is -2.36. The summed E-state index contributed by atoms with van der Waals surface area (Å²) < 4.78 is 5.93. The molecule has 0 saturated carbocycles. The molecule has 1 aromatic rings. The van der Waals surface area contributed by atoms with Gasteiger partial charge in [0.15, 0.2) is 0 Å². The van der Waals surface area contributed by atoms with Crippen LogP contribution in [0.25, 0.3) is 0 Å². The number of piperazine rings is 1. The number of carbonyl (C=O) groups is 3. The number of hydrogen-bond acceptors (Lipinski definition) is 6. The number of benzene rings is 1. The summed E-state index contributed by atoms with van der Waals surface area (Å²) in [4.78, 5) is 42.3. The van der Waals surface area contributed by atoms with Crippen LogP contribution in [0.2, 0.25) is 10.0 Å². The maximum Gasteiger partial charge on any atom is 0.410 e. The van der Waals surface area contributed by atoms with Crippen molar-refractivity contribution in [3.63, 3.8) is 0 Å². The van der Waals surface area contributed by atoms with Crippen LogP contribution in [0.3, 0.4) is 0 Å². The van der Waals surface area contributed by atoms with Crippen LogP contribution in [-0.2, 0) is 14.3 Å². The second-order valence-corrected chi connectivity index (χ2v) is 10.9. The molecule has 1 atom stereocenters. The van der Waals surface area contributed by atoms with Gasteiger partial charge in [-0.1, -0.05) is 47.2 Å². The summed E-state index contributed by atoms with van der Waals surface area (Å²) in [5, 5.41) is 0.0433. The summed E-state index contributed by atoms with van der Waals surface area (Å²) in [6.45, 7) is 7.49. The lowest BCUT2D eigenvalue weighted by Crippen LogP contribution is -2.51. The van der Waals surface area contributed by atoms with Gasteiger partial charge in [-0.25, -0.2) is 9.69 Å². The fourth-order valence-electron chi connectivity index (χ4n) is 3.21. The van der Waals surface area contributed by atoms with Crippen molar-refractivity contribution in [2.75, 3.05) is 31.1 Å². The smallest absolute Gasteiger partial charge is 0.410 e. The summed E-state index contributed by atoms with van der Waals surface area (Å²) >= 11 is 18.8. The van der Waals surface area contributed by atoms with E-state index in [-0.39, 0.29) is 29.4 Å². The maximum absolute atomic E-state index is 12.9. The van der Waals surface area contributed by atoms with E-state index >= 15 is 0 Å². The van der Waals surface area contributed by atoms with Gasteiger partial charge < -0.3 is 14.5 Å². The SMILES string of the molecule is CC(C)(C)OC(=O)N1CCN(C(=S)S[C@H]2CC(=O)N(c3ccc(Cl)cc3Cl)C2=O)CC1. The van der Waals surface area contributed by atoms with Crippen molar-refractivity contribution in [1.82, 2.24) is 9.80 Å². The Balaban J connectivity index is 1.57. The van der Waals surface area contributed by atoms with Crippen molar-refractivity contribution in [1.29, 1.82) is 0 Å². The molecule has 0 aliphatic carbocycles. The molecule has 0 radical (unpaired) electrons. The van der Waals surface area contributed by atoms with Crippen LogP contribution in [-0.4, -0.2) is 69.1 Å². The second kappa shape index (κ2) is 9.52. The van der Waals surface area contributed by atoms with Crippen LogP contribution < -0.4 is 4.90 Å². The number of thioether (sulfide) groups is 1. The van der Waals surface area contributed by atoms with E-state index in [0.717, 1.165) is 4.90 Å². The molecule has 0 aromatic heterocycles. The minimum Gasteiger partial charge on any atom is -0.444 e. The molecule has 168 valence electrons. The number of rotatable bonds is 2. The van der Waals surface area contributed by atoms with Crippen LogP contribution >= 0.6 is 47.2 Å². The molecule has 2 fully saturated rings. The van der Waals surface area contributed by atoms with Gasteiger partial charge in [0, 0.05) is 37.6 Å². The molecule has 2 heterocycles. The summed E-state index contributed by atoms with van der Waals surface area (Å²) in [5.41, 5.74) is -0.228. The number of amides is 3. The monoisotopic (exact) mass is 503 g/mol. The van der Waals surface area contributed by atoms with Gasteiger partial charge in [-0.2, -0.15) is 0 Å². The Kier molecular flexibility index (Phi) is 7.40. The van der Waals surface area contributed by atoms with E-state index in [1.165, 1.54) is 17.8 Å². The standard InChI is InChI=1S/C20H23Cl2N3O4S2/c1-20(2,3)29-18(28)23-6-8-24(9-7-23)19(30)31-15-11-16(26)25(17(15)27)14-5-4-12(21)10-13(14)22/h4-5,10,15H,6-9,11H2,1-3H3/t15-/m0/s1. The number of carbonyl (C=O) groups excluding carboxylic acids is 3.